The third-order valence-electron chi connectivity index (χ3n) is 3.18. The van der Waals surface area contributed by atoms with Gasteiger partial charge in [-0.05, 0) is 25.1 Å². The normalized spacial score (nSPS) is 9.96. The number of carbonyl (C=O) groups is 1. The molecule has 0 fully saturated rings. The summed E-state index contributed by atoms with van der Waals surface area (Å²) in [4.78, 5) is 19.8. The van der Waals surface area contributed by atoms with Crippen LogP contribution in [0.5, 0.6) is 0 Å². The van der Waals surface area contributed by atoms with Gasteiger partial charge in [0.05, 0.1) is 17.7 Å². The lowest BCUT2D eigenvalue weighted by molar-refractivity contribution is -0.115. The standard InChI is InChI=1S/C18H15N5O2/c1-12-7-16(25-23-12)9-17(24)22-15-4-2-3-13(8-15)5-6-14-10-20-18(19)21-11-14/h2-4,7-8,10-11H,9H2,1H3,(H,22,24)(H2,19,20,21). The second-order valence-electron chi connectivity index (χ2n) is 5.32. The lowest BCUT2D eigenvalue weighted by Gasteiger charge is -2.04. The Morgan fingerprint density at radius 2 is 1.96 bits per heavy atom. The molecule has 1 amide bonds. The van der Waals surface area contributed by atoms with Crippen LogP contribution < -0.4 is 11.1 Å². The fourth-order valence-electron chi connectivity index (χ4n) is 2.08. The monoisotopic (exact) mass is 333 g/mol. The molecule has 0 saturated heterocycles. The van der Waals surface area contributed by atoms with Crippen molar-refractivity contribution in [2.75, 3.05) is 11.1 Å². The number of amides is 1. The van der Waals surface area contributed by atoms with Crippen molar-refractivity contribution in [2.24, 2.45) is 0 Å². The Labute approximate surface area is 144 Å². The minimum absolute atomic E-state index is 0.125. The van der Waals surface area contributed by atoms with E-state index in [0.29, 0.717) is 17.0 Å². The third kappa shape index (κ3) is 4.65. The smallest absolute Gasteiger partial charge is 0.232 e. The number of nitrogen functional groups attached to an aromatic ring is 1. The van der Waals surface area contributed by atoms with Gasteiger partial charge >= 0.3 is 0 Å². The van der Waals surface area contributed by atoms with Crippen LogP contribution in [0.2, 0.25) is 0 Å². The predicted molar refractivity (Wildman–Crippen MR) is 92.4 cm³/mol. The van der Waals surface area contributed by atoms with Gasteiger partial charge in [-0.3, -0.25) is 4.79 Å². The molecule has 1 aromatic carbocycles. The fourth-order valence-corrected chi connectivity index (χ4v) is 2.08. The van der Waals surface area contributed by atoms with E-state index in [1.165, 1.54) is 0 Å². The average Bonchev–Trinajstić information content (AvgIpc) is 2.99. The topological polar surface area (TPSA) is 107 Å². The molecule has 2 heterocycles. The Kier molecular flexibility index (Phi) is 4.72. The van der Waals surface area contributed by atoms with Gasteiger partial charge in [0.2, 0.25) is 11.9 Å². The Bertz CT molecular complexity index is 951. The first-order valence-corrected chi connectivity index (χ1v) is 7.50. The van der Waals surface area contributed by atoms with Gasteiger partial charge in [0.15, 0.2) is 0 Å². The number of hydrogen-bond donors (Lipinski definition) is 2. The van der Waals surface area contributed by atoms with Gasteiger partial charge in [0.25, 0.3) is 0 Å². The molecule has 25 heavy (non-hydrogen) atoms. The highest BCUT2D eigenvalue weighted by Gasteiger charge is 2.08. The van der Waals surface area contributed by atoms with Crippen LogP contribution in [0.15, 0.2) is 47.2 Å². The molecule has 2 aromatic heterocycles. The van der Waals surface area contributed by atoms with Crippen molar-refractivity contribution >= 4 is 17.5 Å². The van der Waals surface area contributed by atoms with Gasteiger partial charge in [-0.2, -0.15) is 0 Å². The first-order valence-electron chi connectivity index (χ1n) is 7.50. The molecule has 0 aliphatic carbocycles. The van der Waals surface area contributed by atoms with Crippen LogP contribution in [0.1, 0.15) is 22.6 Å². The summed E-state index contributed by atoms with van der Waals surface area (Å²) in [6.45, 7) is 1.80. The maximum atomic E-state index is 12.1. The van der Waals surface area contributed by atoms with Crippen molar-refractivity contribution in [3.8, 4) is 11.8 Å². The average molecular weight is 333 g/mol. The van der Waals surface area contributed by atoms with Gasteiger partial charge in [-0.25, -0.2) is 9.97 Å². The second kappa shape index (κ2) is 7.27. The molecule has 0 spiro atoms. The summed E-state index contributed by atoms with van der Waals surface area (Å²) >= 11 is 0. The number of nitrogens with two attached hydrogens (primary N) is 1. The molecular weight excluding hydrogens is 318 g/mol. The van der Waals surface area contributed by atoms with E-state index in [4.69, 9.17) is 10.3 Å². The molecule has 0 bridgehead atoms. The molecule has 7 nitrogen and oxygen atoms in total. The lowest BCUT2D eigenvalue weighted by Crippen LogP contribution is -2.14. The van der Waals surface area contributed by atoms with Crippen molar-refractivity contribution in [3.05, 3.63) is 65.3 Å². The van der Waals surface area contributed by atoms with Gasteiger partial charge in [-0.1, -0.05) is 23.1 Å². The first kappa shape index (κ1) is 16.2. The van der Waals surface area contributed by atoms with Crippen molar-refractivity contribution in [2.45, 2.75) is 13.3 Å². The Morgan fingerprint density at radius 3 is 2.68 bits per heavy atom. The minimum atomic E-state index is -0.187. The largest absolute Gasteiger partial charge is 0.368 e. The number of aryl methyl sites for hydroxylation is 1. The Hall–Kier alpha value is -3.66. The summed E-state index contributed by atoms with van der Waals surface area (Å²) < 4.78 is 5.04. The van der Waals surface area contributed by atoms with Crippen LogP contribution in [-0.2, 0) is 11.2 Å². The summed E-state index contributed by atoms with van der Waals surface area (Å²) in [6, 6.07) is 8.98. The molecule has 0 atom stereocenters. The number of hydrogen-bond acceptors (Lipinski definition) is 6. The number of benzene rings is 1. The molecular formula is C18H15N5O2. The summed E-state index contributed by atoms with van der Waals surface area (Å²) in [5.41, 5.74) is 8.24. The molecule has 0 unspecified atom stereocenters. The summed E-state index contributed by atoms with van der Waals surface area (Å²) in [7, 11) is 0. The van der Waals surface area contributed by atoms with E-state index in [1.807, 2.05) is 12.1 Å². The van der Waals surface area contributed by atoms with Crippen LogP contribution in [0.4, 0.5) is 11.6 Å². The lowest BCUT2D eigenvalue weighted by atomic mass is 10.2. The van der Waals surface area contributed by atoms with Gasteiger partial charge in [0.1, 0.15) is 5.76 Å². The minimum Gasteiger partial charge on any atom is -0.368 e. The SMILES string of the molecule is Cc1cc(CC(=O)Nc2cccc(C#Cc3cnc(N)nc3)c2)on1. The highest BCUT2D eigenvalue weighted by atomic mass is 16.5. The van der Waals surface area contributed by atoms with Gasteiger partial charge < -0.3 is 15.6 Å². The molecule has 3 aromatic rings. The Morgan fingerprint density at radius 1 is 1.20 bits per heavy atom. The van der Waals surface area contributed by atoms with Crippen molar-refractivity contribution in [3.63, 3.8) is 0 Å². The highest BCUT2D eigenvalue weighted by Crippen LogP contribution is 2.11. The zero-order valence-electron chi connectivity index (χ0n) is 13.5. The van der Waals surface area contributed by atoms with Crippen molar-refractivity contribution < 1.29 is 9.32 Å². The molecule has 0 aliphatic heterocycles. The van der Waals surface area contributed by atoms with E-state index in [9.17, 15) is 4.79 Å². The van der Waals surface area contributed by atoms with Crippen molar-refractivity contribution in [1.29, 1.82) is 0 Å². The molecule has 7 heteroatoms. The Balaban J connectivity index is 1.67. The molecule has 124 valence electrons. The summed E-state index contributed by atoms with van der Waals surface area (Å²) in [5, 5.41) is 6.57. The van der Waals surface area contributed by atoms with Crippen LogP contribution in [-0.4, -0.2) is 21.0 Å². The van der Waals surface area contributed by atoms with Crippen molar-refractivity contribution in [1.82, 2.24) is 15.1 Å². The number of nitrogens with one attached hydrogen (secondary N) is 1. The number of aromatic nitrogens is 3. The van der Waals surface area contributed by atoms with E-state index in [2.05, 4.69) is 32.3 Å². The summed E-state index contributed by atoms with van der Waals surface area (Å²) in [6.07, 6.45) is 3.24. The number of nitrogens with zero attached hydrogens (tertiary/aromatic N) is 3. The van der Waals surface area contributed by atoms with Gasteiger partial charge in [0, 0.05) is 29.7 Å². The molecule has 0 saturated carbocycles. The first-order chi connectivity index (χ1) is 12.1. The van der Waals surface area contributed by atoms with Crippen LogP contribution in [0.25, 0.3) is 0 Å². The van der Waals surface area contributed by atoms with Crippen LogP contribution in [0, 0.1) is 18.8 Å². The molecule has 3 rings (SSSR count). The number of carbonyl (C=O) groups excluding carboxylic acids is 1. The van der Waals surface area contributed by atoms with Crippen LogP contribution >= 0.6 is 0 Å². The predicted octanol–water partition coefficient (Wildman–Crippen LogP) is 1.94. The van der Waals surface area contributed by atoms with E-state index in [1.54, 1.807) is 37.5 Å². The zero-order chi connectivity index (χ0) is 17.6. The molecule has 0 aliphatic rings. The second-order valence-corrected chi connectivity index (χ2v) is 5.32. The van der Waals surface area contributed by atoms with Gasteiger partial charge in [-0.15, -0.1) is 0 Å². The number of rotatable bonds is 3. The quantitative estimate of drug-likeness (QED) is 0.709. The van der Waals surface area contributed by atoms with E-state index in [0.717, 1.165) is 11.3 Å². The van der Waals surface area contributed by atoms with E-state index < -0.39 is 0 Å². The van der Waals surface area contributed by atoms with E-state index >= 15 is 0 Å². The number of anilines is 2. The van der Waals surface area contributed by atoms with E-state index in [-0.39, 0.29) is 18.3 Å². The molecule has 0 radical (unpaired) electrons. The maximum absolute atomic E-state index is 12.1. The maximum Gasteiger partial charge on any atom is 0.232 e. The van der Waals surface area contributed by atoms with Crippen LogP contribution in [0.3, 0.4) is 0 Å². The summed E-state index contributed by atoms with van der Waals surface area (Å²) in [5.74, 6) is 6.48. The molecule has 3 N–H and O–H groups in total. The third-order valence-corrected chi connectivity index (χ3v) is 3.18. The fraction of sp³-hybridized carbons (Fsp3) is 0.111. The highest BCUT2D eigenvalue weighted by molar-refractivity contribution is 5.92. The zero-order valence-corrected chi connectivity index (χ0v) is 13.5.